The topological polar surface area (TPSA) is 55.5 Å². The van der Waals surface area contributed by atoms with Crippen LogP contribution in [0.15, 0.2) is 48.5 Å². The van der Waals surface area contributed by atoms with E-state index >= 15 is 0 Å². The Labute approximate surface area is 134 Å². The molecule has 0 aliphatic rings. The van der Waals surface area contributed by atoms with Crippen molar-refractivity contribution in [2.75, 3.05) is 6.61 Å². The van der Waals surface area contributed by atoms with Gasteiger partial charge in [-0.1, -0.05) is 53.5 Å². The van der Waals surface area contributed by atoms with E-state index in [-0.39, 0.29) is 6.61 Å². The van der Waals surface area contributed by atoms with Gasteiger partial charge in [-0.05, 0) is 24.1 Å². The van der Waals surface area contributed by atoms with Crippen molar-refractivity contribution in [2.45, 2.75) is 18.6 Å². The predicted octanol–water partition coefficient (Wildman–Crippen LogP) is 3.30. The number of hydrogen-bond donors (Lipinski definition) is 2. The Balaban J connectivity index is 1.89. The Morgan fingerprint density at radius 3 is 2.52 bits per heavy atom. The van der Waals surface area contributed by atoms with E-state index in [0.29, 0.717) is 22.2 Å². The van der Waals surface area contributed by atoms with Gasteiger partial charge in [-0.2, -0.15) is 0 Å². The third-order valence-electron chi connectivity index (χ3n) is 3.11. The maximum Gasteiger partial charge on any atom is 0.139 e. The summed E-state index contributed by atoms with van der Waals surface area (Å²) in [5, 5.41) is 11.0. The molecule has 2 aromatic rings. The number of halogens is 2. The highest BCUT2D eigenvalue weighted by Gasteiger charge is 2.16. The summed E-state index contributed by atoms with van der Waals surface area (Å²) in [7, 11) is 0. The molecule has 0 saturated heterocycles. The number of aliphatic hydroxyl groups is 1. The molecule has 3 N–H and O–H groups in total. The first kappa shape index (κ1) is 16.1. The molecule has 0 saturated carbocycles. The van der Waals surface area contributed by atoms with E-state index < -0.39 is 12.1 Å². The van der Waals surface area contributed by atoms with E-state index in [0.717, 1.165) is 5.56 Å². The normalized spacial score (nSPS) is 13.7. The number of rotatable bonds is 6. The average molecular weight is 326 g/mol. The first-order valence-corrected chi connectivity index (χ1v) is 7.37. The Morgan fingerprint density at radius 1 is 1.10 bits per heavy atom. The first-order chi connectivity index (χ1) is 10.1. The first-order valence-electron chi connectivity index (χ1n) is 6.61. The van der Waals surface area contributed by atoms with E-state index in [1.165, 1.54) is 0 Å². The predicted molar refractivity (Wildman–Crippen MR) is 86.1 cm³/mol. The van der Waals surface area contributed by atoms with E-state index in [4.69, 9.17) is 33.7 Å². The van der Waals surface area contributed by atoms with E-state index in [9.17, 15) is 5.11 Å². The molecule has 21 heavy (non-hydrogen) atoms. The zero-order valence-corrected chi connectivity index (χ0v) is 12.9. The number of hydrogen-bond acceptors (Lipinski definition) is 3. The lowest BCUT2D eigenvalue weighted by Crippen LogP contribution is -2.40. The number of benzene rings is 2. The molecule has 3 nitrogen and oxygen atoms in total. The second kappa shape index (κ2) is 7.66. The molecule has 0 fully saturated rings. The average Bonchev–Trinajstić information content (AvgIpc) is 2.49. The Morgan fingerprint density at radius 2 is 1.81 bits per heavy atom. The molecule has 5 heteroatoms. The van der Waals surface area contributed by atoms with Crippen molar-refractivity contribution in [3.05, 3.63) is 64.1 Å². The molecule has 0 radical (unpaired) electrons. The summed E-state index contributed by atoms with van der Waals surface area (Å²) in [5.74, 6) is 0.440. The molecule has 2 atom stereocenters. The van der Waals surface area contributed by atoms with Crippen LogP contribution >= 0.6 is 23.2 Å². The van der Waals surface area contributed by atoms with Crippen LogP contribution in [0.3, 0.4) is 0 Å². The summed E-state index contributed by atoms with van der Waals surface area (Å²) in [6.07, 6.45) is -0.213. The fraction of sp³-hybridized carbons (Fsp3) is 0.250. The van der Waals surface area contributed by atoms with Crippen molar-refractivity contribution in [3.8, 4) is 5.75 Å². The SMILES string of the molecule is NC(Cc1ccccc1)C(O)COc1cc(Cl)ccc1Cl. The fourth-order valence-corrected chi connectivity index (χ4v) is 2.24. The lowest BCUT2D eigenvalue weighted by molar-refractivity contribution is 0.0852. The minimum Gasteiger partial charge on any atom is -0.489 e. The van der Waals surface area contributed by atoms with Crippen LogP contribution in [-0.2, 0) is 6.42 Å². The van der Waals surface area contributed by atoms with Crippen molar-refractivity contribution < 1.29 is 9.84 Å². The highest BCUT2D eigenvalue weighted by molar-refractivity contribution is 6.34. The van der Waals surface area contributed by atoms with Gasteiger partial charge in [-0.3, -0.25) is 0 Å². The van der Waals surface area contributed by atoms with Gasteiger partial charge in [0.25, 0.3) is 0 Å². The second-order valence-corrected chi connectivity index (χ2v) is 5.65. The Kier molecular flexibility index (Phi) is 5.88. The maximum atomic E-state index is 10.1. The maximum absolute atomic E-state index is 10.1. The minimum atomic E-state index is -0.791. The summed E-state index contributed by atoms with van der Waals surface area (Å²) in [6.45, 7) is 0.0636. The van der Waals surface area contributed by atoms with Crippen molar-refractivity contribution >= 4 is 23.2 Å². The van der Waals surface area contributed by atoms with Gasteiger partial charge >= 0.3 is 0 Å². The largest absolute Gasteiger partial charge is 0.489 e. The van der Waals surface area contributed by atoms with E-state index in [1.54, 1.807) is 18.2 Å². The molecule has 0 amide bonds. The zero-order valence-electron chi connectivity index (χ0n) is 11.4. The molecule has 112 valence electrons. The van der Waals surface area contributed by atoms with Gasteiger partial charge in [0, 0.05) is 17.1 Å². The van der Waals surface area contributed by atoms with Crippen LogP contribution < -0.4 is 10.5 Å². The van der Waals surface area contributed by atoms with Crippen LogP contribution in [0, 0.1) is 0 Å². The molecule has 0 bridgehead atoms. The molecule has 0 aliphatic carbocycles. The molecule has 0 aromatic heterocycles. The van der Waals surface area contributed by atoms with Crippen LogP contribution in [0.1, 0.15) is 5.56 Å². The van der Waals surface area contributed by atoms with Gasteiger partial charge in [0.1, 0.15) is 18.5 Å². The van der Waals surface area contributed by atoms with Crippen molar-refractivity contribution in [1.82, 2.24) is 0 Å². The van der Waals surface area contributed by atoms with Crippen LogP contribution in [0.25, 0.3) is 0 Å². The lowest BCUT2D eigenvalue weighted by Gasteiger charge is -2.19. The number of nitrogens with two attached hydrogens (primary N) is 1. The smallest absolute Gasteiger partial charge is 0.139 e. The highest BCUT2D eigenvalue weighted by atomic mass is 35.5. The minimum absolute atomic E-state index is 0.0636. The summed E-state index contributed by atoms with van der Waals surface area (Å²) in [4.78, 5) is 0. The van der Waals surface area contributed by atoms with Gasteiger partial charge < -0.3 is 15.6 Å². The molecular formula is C16H17Cl2NO2. The van der Waals surface area contributed by atoms with Gasteiger partial charge in [0.2, 0.25) is 0 Å². The molecule has 0 heterocycles. The standard InChI is InChI=1S/C16H17Cl2NO2/c17-12-6-7-13(18)16(9-12)21-10-15(20)14(19)8-11-4-2-1-3-5-11/h1-7,9,14-15,20H,8,10,19H2. The second-order valence-electron chi connectivity index (χ2n) is 4.81. The number of ether oxygens (including phenoxy) is 1. The summed E-state index contributed by atoms with van der Waals surface area (Å²) in [6, 6.07) is 14.3. The third kappa shape index (κ3) is 4.90. The Hall–Kier alpha value is -1.26. The van der Waals surface area contributed by atoms with Gasteiger partial charge in [-0.25, -0.2) is 0 Å². The zero-order chi connectivity index (χ0) is 15.2. The molecule has 2 aromatic carbocycles. The van der Waals surface area contributed by atoms with Crippen LogP contribution in [0.2, 0.25) is 10.0 Å². The van der Waals surface area contributed by atoms with Crippen molar-refractivity contribution in [3.63, 3.8) is 0 Å². The third-order valence-corrected chi connectivity index (χ3v) is 3.66. The van der Waals surface area contributed by atoms with Crippen LogP contribution in [0.5, 0.6) is 5.75 Å². The van der Waals surface area contributed by atoms with Gasteiger partial charge in [-0.15, -0.1) is 0 Å². The Bertz CT molecular complexity index is 578. The van der Waals surface area contributed by atoms with Crippen LogP contribution in [0.4, 0.5) is 0 Å². The highest BCUT2D eigenvalue weighted by Crippen LogP contribution is 2.27. The van der Waals surface area contributed by atoms with Crippen molar-refractivity contribution in [1.29, 1.82) is 0 Å². The van der Waals surface area contributed by atoms with E-state index in [2.05, 4.69) is 0 Å². The number of aliphatic hydroxyl groups excluding tert-OH is 1. The van der Waals surface area contributed by atoms with E-state index in [1.807, 2.05) is 30.3 Å². The monoisotopic (exact) mass is 325 g/mol. The molecule has 0 spiro atoms. The van der Waals surface area contributed by atoms with Gasteiger partial charge in [0.15, 0.2) is 0 Å². The molecule has 2 unspecified atom stereocenters. The fourth-order valence-electron chi connectivity index (χ4n) is 1.91. The summed E-state index contributed by atoms with van der Waals surface area (Å²) >= 11 is 11.9. The summed E-state index contributed by atoms with van der Waals surface area (Å²) < 4.78 is 5.49. The molecule has 2 rings (SSSR count). The quantitative estimate of drug-likeness (QED) is 0.856. The molecule has 0 aliphatic heterocycles. The van der Waals surface area contributed by atoms with Crippen LogP contribution in [-0.4, -0.2) is 23.9 Å². The van der Waals surface area contributed by atoms with Gasteiger partial charge in [0.05, 0.1) is 5.02 Å². The van der Waals surface area contributed by atoms with Crippen molar-refractivity contribution in [2.24, 2.45) is 5.73 Å². The molecular weight excluding hydrogens is 309 g/mol. The lowest BCUT2D eigenvalue weighted by atomic mass is 10.0. The summed E-state index contributed by atoms with van der Waals surface area (Å²) in [5.41, 5.74) is 7.07.